The summed E-state index contributed by atoms with van der Waals surface area (Å²) in [5.74, 6) is 0.729. The topological polar surface area (TPSA) is 46.0 Å². The summed E-state index contributed by atoms with van der Waals surface area (Å²) in [5, 5.41) is 12.1. The van der Waals surface area contributed by atoms with Gasteiger partial charge >= 0.3 is 0 Å². The lowest BCUT2D eigenvalue weighted by molar-refractivity contribution is 0.0442. The number of hydrogen-bond acceptors (Lipinski definition) is 4. The molecular weight excluding hydrogens is 262 g/mol. The highest BCUT2D eigenvalue weighted by molar-refractivity contribution is 4.98. The highest BCUT2D eigenvalue weighted by atomic mass is 15.4. The number of piperazine rings is 1. The third kappa shape index (κ3) is 4.51. The lowest BCUT2D eigenvalue weighted by atomic mass is 9.83. The molecule has 1 aromatic rings. The molecule has 2 atom stereocenters. The Labute approximate surface area is 129 Å². The zero-order valence-corrected chi connectivity index (χ0v) is 14.4. The molecule has 0 bridgehead atoms. The molecule has 0 aromatic carbocycles. The zero-order valence-electron chi connectivity index (χ0n) is 14.4. The fraction of sp³-hybridized carbons (Fsp3) is 0.875. The van der Waals surface area contributed by atoms with Crippen molar-refractivity contribution in [1.82, 2.24) is 25.2 Å². The zero-order chi connectivity index (χ0) is 15.6. The van der Waals surface area contributed by atoms with Crippen LogP contribution >= 0.6 is 0 Å². The van der Waals surface area contributed by atoms with Gasteiger partial charge in [-0.25, -0.2) is 0 Å². The molecule has 2 heterocycles. The van der Waals surface area contributed by atoms with Crippen molar-refractivity contribution in [2.24, 2.45) is 18.4 Å². The van der Waals surface area contributed by atoms with Crippen LogP contribution in [0.4, 0.5) is 0 Å². The normalized spacial score (nSPS) is 24.7. The van der Waals surface area contributed by atoms with Crippen LogP contribution in [0.2, 0.25) is 0 Å². The molecule has 1 aliphatic rings. The van der Waals surface area contributed by atoms with E-state index in [4.69, 9.17) is 0 Å². The lowest BCUT2D eigenvalue weighted by Crippen LogP contribution is -2.60. The number of nitrogens with zero attached hydrogens (tertiary/aromatic N) is 4. The maximum Gasteiger partial charge on any atom is 0.0967 e. The summed E-state index contributed by atoms with van der Waals surface area (Å²) in [4.78, 5) is 2.59. The minimum absolute atomic E-state index is 0.262. The summed E-state index contributed by atoms with van der Waals surface area (Å²) in [7, 11) is 1.93. The number of aromatic nitrogens is 3. The van der Waals surface area contributed by atoms with Gasteiger partial charge in [-0.1, -0.05) is 39.8 Å². The van der Waals surface area contributed by atoms with Gasteiger partial charge < -0.3 is 5.32 Å². The van der Waals surface area contributed by atoms with E-state index in [1.54, 1.807) is 4.68 Å². The average Bonchev–Trinajstić information content (AvgIpc) is 2.72. The Kier molecular flexibility index (Phi) is 5.04. The van der Waals surface area contributed by atoms with Crippen molar-refractivity contribution in [1.29, 1.82) is 0 Å². The fourth-order valence-corrected chi connectivity index (χ4v) is 3.31. The van der Waals surface area contributed by atoms with Crippen LogP contribution in [-0.4, -0.2) is 45.1 Å². The first kappa shape index (κ1) is 16.4. The highest BCUT2D eigenvalue weighted by Crippen LogP contribution is 2.28. The van der Waals surface area contributed by atoms with E-state index in [1.807, 2.05) is 13.2 Å². The molecule has 0 amide bonds. The summed E-state index contributed by atoms with van der Waals surface area (Å²) >= 11 is 0. The Morgan fingerprint density at radius 3 is 2.62 bits per heavy atom. The van der Waals surface area contributed by atoms with Crippen LogP contribution in [0.25, 0.3) is 0 Å². The van der Waals surface area contributed by atoms with Crippen molar-refractivity contribution in [3.63, 3.8) is 0 Å². The van der Waals surface area contributed by atoms with Crippen LogP contribution in [0.5, 0.6) is 0 Å². The molecule has 1 N–H and O–H groups in total. The summed E-state index contributed by atoms with van der Waals surface area (Å²) in [6, 6.07) is 1.11. The number of rotatable bonds is 4. The van der Waals surface area contributed by atoms with Gasteiger partial charge in [-0.15, -0.1) is 5.10 Å². The molecule has 0 saturated carbocycles. The van der Waals surface area contributed by atoms with E-state index in [-0.39, 0.29) is 5.41 Å². The van der Waals surface area contributed by atoms with E-state index < -0.39 is 0 Å². The highest BCUT2D eigenvalue weighted by Gasteiger charge is 2.35. The fourth-order valence-electron chi connectivity index (χ4n) is 3.31. The molecule has 1 aliphatic heterocycles. The first-order chi connectivity index (χ1) is 9.75. The van der Waals surface area contributed by atoms with Crippen LogP contribution < -0.4 is 5.32 Å². The monoisotopic (exact) mass is 293 g/mol. The largest absolute Gasteiger partial charge is 0.311 e. The van der Waals surface area contributed by atoms with Crippen LogP contribution in [0.1, 0.15) is 46.7 Å². The van der Waals surface area contributed by atoms with Crippen molar-refractivity contribution < 1.29 is 0 Å². The SMILES string of the molecule is CC(C)CC1CN(Cc2cn(C)nn2)C(C(C)(C)C)CN1. The Bertz CT molecular complexity index is 446. The Morgan fingerprint density at radius 2 is 2.10 bits per heavy atom. The van der Waals surface area contributed by atoms with E-state index in [2.05, 4.69) is 55.1 Å². The minimum atomic E-state index is 0.262. The van der Waals surface area contributed by atoms with Gasteiger partial charge in [-0.05, 0) is 17.8 Å². The smallest absolute Gasteiger partial charge is 0.0967 e. The van der Waals surface area contributed by atoms with Gasteiger partial charge in [-0.3, -0.25) is 9.58 Å². The molecule has 5 nitrogen and oxygen atoms in total. The number of hydrogen-bond donors (Lipinski definition) is 1. The molecule has 0 spiro atoms. The molecule has 5 heteroatoms. The molecular formula is C16H31N5. The van der Waals surface area contributed by atoms with Crippen molar-refractivity contribution in [3.05, 3.63) is 11.9 Å². The van der Waals surface area contributed by atoms with Gasteiger partial charge in [-0.2, -0.15) is 0 Å². The molecule has 120 valence electrons. The quantitative estimate of drug-likeness (QED) is 0.923. The summed E-state index contributed by atoms with van der Waals surface area (Å²) < 4.78 is 1.79. The van der Waals surface area contributed by atoms with E-state index in [1.165, 1.54) is 6.42 Å². The van der Waals surface area contributed by atoms with Crippen LogP contribution in [0, 0.1) is 11.3 Å². The third-order valence-electron chi connectivity index (χ3n) is 4.27. The van der Waals surface area contributed by atoms with Crippen molar-refractivity contribution in [2.45, 2.75) is 59.7 Å². The summed E-state index contributed by atoms with van der Waals surface area (Å²) in [6.07, 6.45) is 3.26. The predicted octanol–water partition coefficient (Wildman–Crippen LogP) is 2.05. The van der Waals surface area contributed by atoms with Gasteiger partial charge in [0.2, 0.25) is 0 Å². The van der Waals surface area contributed by atoms with Gasteiger partial charge in [0.1, 0.15) is 0 Å². The maximum atomic E-state index is 4.26. The van der Waals surface area contributed by atoms with E-state index in [0.29, 0.717) is 12.1 Å². The number of aryl methyl sites for hydroxylation is 1. The summed E-state index contributed by atoms with van der Waals surface area (Å²) in [5.41, 5.74) is 1.33. The second-order valence-corrected chi connectivity index (χ2v) is 7.93. The molecule has 21 heavy (non-hydrogen) atoms. The summed E-state index contributed by atoms with van der Waals surface area (Å²) in [6.45, 7) is 14.6. The number of nitrogens with one attached hydrogen (secondary N) is 1. The molecule has 2 rings (SSSR count). The predicted molar refractivity (Wildman–Crippen MR) is 85.9 cm³/mol. The minimum Gasteiger partial charge on any atom is -0.311 e. The molecule has 1 aromatic heterocycles. The van der Waals surface area contributed by atoms with Gasteiger partial charge in [0, 0.05) is 45.0 Å². The van der Waals surface area contributed by atoms with Gasteiger partial charge in [0.05, 0.1) is 5.69 Å². The van der Waals surface area contributed by atoms with E-state index in [0.717, 1.165) is 31.2 Å². The van der Waals surface area contributed by atoms with Crippen molar-refractivity contribution >= 4 is 0 Å². The standard InChI is InChI=1S/C16H31N5/c1-12(2)7-13-10-21(11-14-9-20(6)19-18-14)15(8-17-13)16(3,4)5/h9,12-13,15,17H,7-8,10-11H2,1-6H3. The molecule has 1 fully saturated rings. The van der Waals surface area contributed by atoms with Crippen LogP contribution in [0.15, 0.2) is 6.20 Å². The van der Waals surface area contributed by atoms with E-state index in [9.17, 15) is 0 Å². The molecule has 1 saturated heterocycles. The lowest BCUT2D eigenvalue weighted by Gasteiger charge is -2.46. The van der Waals surface area contributed by atoms with Crippen LogP contribution in [0.3, 0.4) is 0 Å². The van der Waals surface area contributed by atoms with E-state index >= 15 is 0 Å². The van der Waals surface area contributed by atoms with Crippen LogP contribution in [-0.2, 0) is 13.6 Å². The van der Waals surface area contributed by atoms with Gasteiger partial charge in [0.15, 0.2) is 0 Å². The second-order valence-electron chi connectivity index (χ2n) is 7.93. The second kappa shape index (κ2) is 6.44. The maximum absolute atomic E-state index is 4.26. The third-order valence-corrected chi connectivity index (χ3v) is 4.27. The first-order valence-corrected chi connectivity index (χ1v) is 8.08. The average molecular weight is 293 g/mol. The molecule has 0 aliphatic carbocycles. The van der Waals surface area contributed by atoms with Crippen molar-refractivity contribution in [3.8, 4) is 0 Å². The first-order valence-electron chi connectivity index (χ1n) is 8.08. The molecule has 2 unspecified atom stereocenters. The Morgan fingerprint density at radius 1 is 1.38 bits per heavy atom. The van der Waals surface area contributed by atoms with Crippen molar-refractivity contribution in [2.75, 3.05) is 13.1 Å². The Balaban J connectivity index is 2.09. The Hall–Kier alpha value is -0.940. The van der Waals surface area contributed by atoms with Gasteiger partial charge in [0.25, 0.3) is 0 Å². The molecule has 0 radical (unpaired) electrons.